The minimum atomic E-state index is -0.556. The maximum Gasteiger partial charge on any atom is 0.411 e. The van der Waals surface area contributed by atoms with Gasteiger partial charge in [0.15, 0.2) is 0 Å². The number of esters is 1. The molecule has 0 aliphatic heterocycles. The van der Waals surface area contributed by atoms with Gasteiger partial charge in [-0.1, -0.05) is 11.2 Å². The number of rotatable bonds is 6. The van der Waals surface area contributed by atoms with Crippen LogP contribution in [-0.4, -0.2) is 23.8 Å². The molecule has 1 aromatic carbocycles. The van der Waals surface area contributed by atoms with Crippen LogP contribution < -0.4 is 10.1 Å². The molecule has 2 aromatic rings. The maximum atomic E-state index is 12.0. The Kier molecular flexibility index (Phi) is 5.95. The molecule has 0 radical (unpaired) electrons. The van der Waals surface area contributed by atoms with E-state index in [0.29, 0.717) is 23.6 Å². The molecule has 1 N–H and O–H groups in total. The number of hydrogen-bond acceptors (Lipinski definition) is 6. The molecule has 0 aliphatic rings. The van der Waals surface area contributed by atoms with Crippen LogP contribution >= 0.6 is 0 Å². The van der Waals surface area contributed by atoms with Gasteiger partial charge in [-0.2, -0.15) is 0 Å². The van der Waals surface area contributed by atoms with Crippen molar-refractivity contribution < 1.29 is 23.6 Å². The van der Waals surface area contributed by atoms with Crippen LogP contribution in [0.3, 0.4) is 0 Å². The summed E-state index contributed by atoms with van der Waals surface area (Å²) in [5.41, 5.74) is 2.19. The number of benzene rings is 1. The van der Waals surface area contributed by atoms with Crippen molar-refractivity contribution in [3.63, 3.8) is 0 Å². The van der Waals surface area contributed by atoms with E-state index in [1.807, 2.05) is 13.8 Å². The molecule has 7 nitrogen and oxygen atoms in total. The van der Waals surface area contributed by atoms with Gasteiger partial charge in [-0.3, -0.25) is 10.1 Å². The lowest BCUT2D eigenvalue weighted by molar-refractivity contribution is -0.134. The zero-order valence-corrected chi connectivity index (χ0v) is 13.9. The highest BCUT2D eigenvalue weighted by atomic mass is 16.5. The van der Waals surface area contributed by atoms with Gasteiger partial charge >= 0.3 is 12.1 Å². The first-order chi connectivity index (χ1) is 11.5. The molecule has 1 amide bonds. The normalized spacial score (nSPS) is 10.3. The average molecular weight is 332 g/mol. The number of nitrogens with one attached hydrogen (secondary N) is 1. The zero-order chi connectivity index (χ0) is 17.5. The van der Waals surface area contributed by atoms with Gasteiger partial charge in [0.1, 0.15) is 11.5 Å². The Labute approximate surface area is 139 Å². The Morgan fingerprint density at radius 1 is 1.29 bits per heavy atom. The summed E-state index contributed by atoms with van der Waals surface area (Å²) < 4.78 is 15.2. The van der Waals surface area contributed by atoms with Gasteiger partial charge in [0, 0.05) is 17.3 Å². The van der Waals surface area contributed by atoms with E-state index in [2.05, 4.69) is 10.5 Å². The van der Waals surface area contributed by atoms with Crippen LogP contribution in [0.15, 0.2) is 28.8 Å². The predicted octanol–water partition coefficient (Wildman–Crippen LogP) is 3.40. The second-order valence-electron chi connectivity index (χ2n) is 5.15. The van der Waals surface area contributed by atoms with Crippen LogP contribution in [-0.2, 0) is 16.0 Å². The molecule has 2 rings (SSSR count). The van der Waals surface area contributed by atoms with E-state index in [1.54, 1.807) is 31.2 Å². The number of aryl methyl sites for hydroxylation is 2. The summed E-state index contributed by atoms with van der Waals surface area (Å²) in [6, 6.07) is 6.56. The van der Waals surface area contributed by atoms with Crippen molar-refractivity contribution in [2.75, 3.05) is 11.9 Å². The van der Waals surface area contributed by atoms with E-state index in [0.717, 1.165) is 11.3 Å². The summed E-state index contributed by atoms with van der Waals surface area (Å²) in [4.78, 5) is 23.4. The Morgan fingerprint density at radius 3 is 2.75 bits per heavy atom. The number of aromatic nitrogens is 1. The topological polar surface area (TPSA) is 90.7 Å². The number of carbonyl (C=O) groups is 2. The summed E-state index contributed by atoms with van der Waals surface area (Å²) in [5.74, 6) is 0.692. The highest BCUT2D eigenvalue weighted by Crippen LogP contribution is 2.19. The van der Waals surface area contributed by atoms with Crippen LogP contribution in [0.25, 0.3) is 0 Å². The minimum absolute atomic E-state index is 0.207. The summed E-state index contributed by atoms with van der Waals surface area (Å²) in [5, 5.41) is 6.41. The second-order valence-corrected chi connectivity index (χ2v) is 5.15. The zero-order valence-electron chi connectivity index (χ0n) is 13.9. The third-order valence-corrected chi connectivity index (χ3v) is 3.35. The monoisotopic (exact) mass is 332 g/mol. The van der Waals surface area contributed by atoms with Crippen molar-refractivity contribution in [1.29, 1.82) is 0 Å². The van der Waals surface area contributed by atoms with Crippen molar-refractivity contribution in [2.45, 2.75) is 33.6 Å². The molecular formula is C17H20N2O5. The Bertz CT molecular complexity index is 704. The predicted molar refractivity (Wildman–Crippen MR) is 87.0 cm³/mol. The number of hydrogen-bond donors (Lipinski definition) is 1. The van der Waals surface area contributed by atoms with Gasteiger partial charge in [0.25, 0.3) is 0 Å². The first kappa shape index (κ1) is 17.5. The van der Waals surface area contributed by atoms with Crippen molar-refractivity contribution in [1.82, 2.24) is 5.16 Å². The average Bonchev–Trinajstić information content (AvgIpc) is 2.84. The Morgan fingerprint density at radius 2 is 2.08 bits per heavy atom. The lowest BCUT2D eigenvalue weighted by atomic mass is 10.1. The number of nitrogens with zero attached hydrogens (tertiary/aromatic N) is 1. The Balaban J connectivity index is 1.91. The Hall–Kier alpha value is -2.83. The van der Waals surface area contributed by atoms with E-state index in [4.69, 9.17) is 14.0 Å². The summed E-state index contributed by atoms with van der Waals surface area (Å²) in [6.45, 7) is 5.64. The van der Waals surface area contributed by atoms with Crippen LogP contribution in [0.2, 0.25) is 0 Å². The number of amides is 1. The van der Waals surface area contributed by atoms with E-state index in [-0.39, 0.29) is 19.0 Å². The third kappa shape index (κ3) is 4.84. The molecule has 1 heterocycles. The van der Waals surface area contributed by atoms with Crippen LogP contribution in [0.5, 0.6) is 5.75 Å². The van der Waals surface area contributed by atoms with Crippen molar-refractivity contribution >= 4 is 17.7 Å². The maximum absolute atomic E-state index is 12.0. The second kappa shape index (κ2) is 8.14. The molecule has 0 saturated heterocycles. The van der Waals surface area contributed by atoms with Gasteiger partial charge in [0.2, 0.25) is 0 Å². The molecule has 0 spiro atoms. The molecule has 1 aromatic heterocycles. The fourth-order valence-electron chi connectivity index (χ4n) is 2.19. The van der Waals surface area contributed by atoms with Gasteiger partial charge in [-0.05, 0) is 39.3 Å². The van der Waals surface area contributed by atoms with Crippen LogP contribution in [0.4, 0.5) is 10.5 Å². The fourth-order valence-corrected chi connectivity index (χ4v) is 2.19. The quantitative estimate of drug-likeness (QED) is 0.644. The minimum Gasteiger partial charge on any atom is -0.450 e. The van der Waals surface area contributed by atoms with Crippen molar-refractivity contribution in [3.8, 4) is 5.75 Å². The van der Waals surface area contributed by atoms with E-state index < -0.39 is 6.09 Å². The molecule has 0 unspecified atom stereocenters. The van der Waals surface area contributed by atoms with E-state index >= 15 is 0 Å². The molecule has 0 saturated carbocycles. The smallest absolute Gasteiger partial charge is 0.411 e. The standard InChI is InChI=1S/C17H20N2O5/c1-4-22-17(21)18-13-6-5-7-14(10-13)23-16(20)9-8-15-11(2)19-24-12(15)3/h5-7,10H,4,8-9H2,1-3H3,(H,18,21). The largest absolute Gasteiger partial charge is 0.450 e. The molecular weight excluding hydrogens is 312 g/mol. The van der Waals surface area contributed by atoms with E-state index in [9.17, 15) is 9.59 Å². The lowest BCUT2D eigenvalue weighted by Gasteiger charge is -2.08. The summed E-state index contributed by atoms with van der Waals surface area (Å²) >= 11 is 0. The van der Waals surface area contributed by atoms with Gasteiger partial charge in [-0.25, -0.2) is 4.79 Å². The first-order valence-electron chi connectivity index (χ1n) is 7.66. The highest BCUT2D eigenvalue weighted by Gasteiger charge is 2.13. The molecule has 24 heavy (non-hydrogen) atoms. The fraction of sp³-hybridized carbons (Fsp3) is 0.353. The number of ether oxygens (including phenoxy) is 2. The van der Waals surface area contributed by atoms with Gasteiger partial charge < -0.3 is 14.0 Å². The van der Waals surface area contributed by atoms with Crippen molar-refractivity contribution in [3.05, 3.63) is 41.3 Å². The number of carbonyl (C=O) groups excluding carboxylic acids is 2. The van der Waals surface area contributed by atoms with Gasteiger partial charge in [0.05, 0.1) is 18.7 Å². The molecule has 7 heteroatoms. The number of anilines is 1. The molecule has 0 fully saturated rings. The van der Waals surface area contributed by atoms with Crippen molar-refractivity contribution in [2.24, 2.45) is 0 Å². The van der Waals surface area contributed by atoms with E-state index in [1.165, 1.54) is 0 Å². The molecule has 0 bridgehead atoms. The highest BCUT2D eigenvalue weighted by molar-refractivity contribution is 5.85. The first-order valence-corrected chi connectivity index (χ1v) is 7.66. The molecule has 0 atom stereocenters. The third-order valence-electron chi connectivity index (χ3n) is 3.35. The van der Waals surface area contributed by atoms with Crippen LogP contribution in [0, 0.1) is 13.8 Å². The molecule has 128 valence electrons. The van der Waals surface area contributed by atoms with Gasteiger partial charge in [-0.15, -0.1) is 0 Å². The molecule has 0 aliphatic carbocycles. The summed E-state index contributed by atoms with van der Waals surface area (Å²) in [7, 11) is 0. The SMILES string of the molecule is CCOC(=O)Nc1cccc(OC(=O)CCc2c(C)noc2C)c1. The lowest BCUT2D eigenvalue weighted by Crippen LogP contribution is -2.13. The summed E-state index contributed by atoms with van der Waals surface area (Å²) in [6.07, 6.45) is 0.151. The van der Waals surface area contributed by atoms with Crippen LogP contribution in [0.1, 0.15) is 30.4 Å².